The van der Waals surface area contributed by atoms with Crippen LogP contribution in [0.15, 0.2) is 71.6 Å². The molecule has 0 saturated heterocycles. The summed E-state index contributed by atoms with van der Waals surface area (Å²) in [5.41, 5.74) is 3.62. The van der Waals surface area contributed by atoms with Gasteiger partial charge >= 0.3 is 0 Å². The molecule has 30 heavy (non-hydrogen) atoms. The fraction of sp³-hybridized carbons (Fsp3) is 0.217. The van der Waals surface area contributed by atoms with Gasteiger partial charge in [-0.05, 0) is 31.2 Å². The fourth-order valence-electron chi connectivity index (χ4n) is 3.47. The van der Waals surface area contributed by atoms with Crippen LogP contribution in [0.3, 0.4) is 0 Å². The topological polar surface area (TPSA) is 55.8 Å². The van der Waals surface area contributed by atoms with Gasteiger partial charge in [0, 0.05) is 23.2 Å². The number of hydrogen-bond donors (Lipinski definition) is 0. The van der Waals surface area contributed by atoms with Gasteiger partial charge in [0.15, 0.2) is 5.75 Å². The van der Waals surface area contributed by atoms with E-state index in [9.17, 15) is 8.42 Å². The number of nitrogens with zero attached hydrogens (tertiary/aromatic N) is 1. The van der Waals surface area contributed by atoms with Crippen molar-refractivity contribution in [3.05, 3.63) is 77.3 Å². The summed E-state index contributed by atoms with van der Waals surface area (Å²) in [6.07, 6.45) is -0.452. The molecular formula is C23H22ClNO4S. The van der Waals surface area contributed by atoms with Gasteiger partial charge in [0.05, 0.1) is 17.1 Å². The van der Waals surface area contributed by atoms with Crippen molar-refractivity contribution in [1.29, 1.82) is 0 Å². The van der Waals surface area contributed by atoms with E-state index in [1.807, 2.05) is 61.3 Å². The molecule has 0 fully saturated rings. The Balaban J connectivity index is 1.57. The van der Waals surface area contributed by atoms with Crippen molar-refractivity contribution in [3.8, 4) is 16.9 Å². The maximum Gasteiger partial charge on any atom is 0.297 e. The highest BCUT2D eigenvalue weighted by Crippen LogP contribution is 2.43. The van der Waals surface area contributed by atoms with Crippen LogP contribution < -0.4 is 9.64 Å². The molecule has 1 aliphatic rings. The first-order valence-electron chi connectivity index (χ1n) is 9.57. The van der Waals surface area contributed by atoms with Gasteiger partial charge in [0.2, 0.25) is 0 Å². The van der Waals surface area contributed by atoms with Crippen molar-refractivity contribution in [2.75, 3.05) is 25.1 Å². The number of benzene rings is 3. The quantitative estimate of drug-likeness (QED) is 0.524. The molecule has 1 atom stereocenters. The zero-order valence-electron chi connectivity index (χ0n) is 16.7. The highest BCUT2D eigenvalue weighted by atomic mass is 35.5. The molecule has 0 saturated carbocycles. The molecule has 5 nitrogen and oxygen atoms in total. The van der Waals surface area contributed by atoms with E-state index < -0.39 is 16.2 Å². The van der Waals surface area contributed by atoms with Crippen LogP contribution in [0.1, 0.15) is 5.56 Å². The van der Waals surface area contributed by atoms with Gasteiger partial charge in [-0.3, -0.25) is 4.18 Å². The molecule has 1 aliphatic heterocycles. The average Bonchev–Trinajstić information content (AvgIpc) is 2.73. The Morgan fingerprint density at radius 1 is 1.03 bits per heavy atom. The lowest BCUT2D eigenvalue weighted by atomic mass is 10.0. The zero-order chi connectivity index (χ0) is 21.3. The molecule has 0 amide bonds. The van der Waals surface area contributed by atoms with Crippen LogP contribution in [0.5, 0.6) is 5.75 Å². The van der Waals surface area contributed by atoms with Gasteiger partial charge < -0.3 is 9.64 Å². The molecular weight excluding hydrogens is 422 g/mol. The number of hydrogen-bond acceptors (Lipinski definition) is 5. The number of likely N-dealkylation sites (N-methyl/N-ethyl adjacent to an activating group) is 1. The zero-order valence-corrected chi connectivity index (χ0v) is 18.3. The summed E-state index contributed by atoms with van der Waals surface area (Å²) in [5, 5.41) is 0.623. The molecule has 3 aromatic rings. The molecule has 0 aromatic heterocycles. The van der Waals surface area contributed by atoms with Crippen LogP contribution in [-0.2, 0) is 14.3 Å². The maximum atomic E-state index is 12.5. The van der Waals surface area contributed by atoms with Crippen molar-refractivity contribution >= 4 is 27.4 Å². The number of halogens is 1. The third-order valence-corrected chi connectivity index (χ3v) is 6.68. The molecule has 3 aromatic carbocycles. The Hall–Kier alpha value is -2.54. The van der Waals surface area contributed by atoms with Gasteiger partial charge in [-0.1, -0.05) is 59.6 Å². The van der Waals surface area contributed by atoms with Crippen LogP contribution in [-0.4, -0.2) is 34.7 Å². The minimum Gasteiger partial charge on any atom is -0.483 e. The van der Waals surface area contributed by atoms with Gasteiger partial charge in [0.25, 0.3) is 10.1 Å². The maximum absolute atomic E-state index is 12.5. The van der Waals surface area contributed by atoms with Crippen molar-refractivity contribution in [3.63, 3.8) is 0 Å². The summed E-state index contributed by atoms with van der Waals surface area (Å²) in [4.78, 5) is 2.17. The molecule has 7 heteroatoms. The van der Waals surface area contributed by atoms with E-state index in [1.165, 1.54) is 0 Å². The van der Waals surface area contributed by atoms with Crippen LogP contribution in [0.4, 0.5) is 5.69 Å². The molecule has 0 N–H and O–H groups in total. The molecule has 4 rings (SSSR count). The summed E-state index contributed by atoms with van der Waals surface area (Å²) in [7, 11) is -1.92. The first kappa shape index (κ1) is 20.7. The second-order valence-electron chi connectivity index (χ2n) is 7.31. The predicted molar refractivity (Wildman–Crippen MR) is 119 cm³/mol. The minimum atomic E-state index is -3.86. The standard InChI is InChI=1S/C23H22ClNO4S/c1-16-10-12-18(13-11-16)30(26,27)28-15-17-14-25(2)22-9-5-7-20(23(22)29-17)19-6-3-4-8-21(19)24/h3-13,17H,14-15H2,1-2H3. The molecule has 1 unspecified atom stereocenters. The highest BCUT2D eigenvalue weighted by Gasteiger charge is 2.28. The van der Waals surface area contributed by atoms with Crippen LogP contribution in [0, 0.1) is 6.92 Å². The lowest BCUT2D eigenvalue weighted by Gasteiger charge is -2.34. The van der Waals surface area contributed by atoms with Gasteiger partial charge in [-0.15, -0.1) is 0 Å². The Labute approximate surface area is 181 Å². The van der Waals surface area contributed by atoms with Crippen LogP contribution >= 0.6 is 11.6 Å². The number of para-hydroxylation sites is 1. The molecule has 156 valence electrons. The van der Waals surface area contributed by atoms with Gasteiger partial charge in [-0.25, -0.2) is 0 Å². The van der Waals surface area contributed by atoms with Crippen LogP contribution in [0.2, 0.25) is 5.02 Å². The molecule has 0 aliphatic carbocycles. The van der Waals surface area contributed by atoms with Crippen molar-refractivity contribution in [1.82, 2.24) is 0 Å². The number of fused-ring (bicyclic) bond motifs is 1. The van der Waals surface area contributed by atoms with E-state index in [2.05, 4.69) is 0 Å². The average molecular weight is 444 g/mol. The second-order valence-corrected chi connectivity index (χ2v) is 9.33. The van der Waals surface area contributed by atoms with E-state index in [-0.39, 0.29) is 11.5 Å². The normalized spacial score (nSPS) is 16.1. The molecule has 0 radical (unpaired) electrons. The highest BCUT2D eigenvalue weighted by molar-refractivity contribution is 7.86. The largest absolute Gasteiger partial charge is 0.483 e. The number of rotatable bonds is 5. The van der Waals surface area contributed by atoms with Crippen molar-refractivity contribution in [2.45, 2.75) is 17.9 Å². The summed E-state index contributed by atoms with van der Waals surface area (Å²) in [5.74, 6) is 0.667. The third-order valence-electron chi connectivity index (χ3n) is 5.05. The Bertz CT molecular complexity index is 1160. The van der Waals surface area contributed by atoms with E-state index in [0.717, 1.165) is 22.4 Å². The second kappa shape index (κ2) is 8.30. The number of aryl methyl sites for hydroxylation is 1. The van der Waals surface area contributed by atoms with E-state index >= 15 is 0 Å². The summed E-state index contributed by atoms with van der Waals surface area (Å²) in [6, 6.07) is 20.0. The molecule has 0 bridgehead atoms. The minimum absolute atomic E-state index is 0.0865. The predicted octanol–water partition coefficient (Wildman–Crippen LogP) is 4.92. The lowest BCUT2D eigenvalue weighted by molar-refractivity contribution is 0.130. The van der Waals surface area contributed by atoms with E-state index in [0.29, 0.717) is 17.3 Å². The van der Waals surface area contributed by atoms with Crippen molar-refractivity contribution in [2.24, 2.45) is 0 Å². The fourth-order valence-corrected chi connectivity index (χ4v) is 4.65. The summed E-state index contributed by atoms with van der Waals surface area (Å²) >= 11 is 6.40. The third kappa shape index (κ3) is 4.17. The van der Waals surface area contributed by atoms with E-state index in [4.69, 9.17) is 20.5 Å². The SMILES string of the molecule is Cc1ccc(S(=O)(=O)OCC2CN(C)c3cccc(-c4ccccc4Cl)c3O2)cc1. The Morgan fingerprint density at radius 3 is 2.47 bits per heavy atom. The Morgan fingerprint density at radius 2 is 1.73 bits per heavy atom. The van der Waals surface area contributed by atoms with Gasteiger partial charge in [-0.2, -0.15) is 8.42 Å². The summed E-state index contributed by atoms with van der Waals surface area (Å²) in [6.45, 7) is 2.32. The molecule has 1 heterocycles. The monoisotopic (exact) mass is 443 g/mol. The molecule has 0 spiro atoms. The van der Waals surface area contributed by atoms with Crippen LogP contribution in [0.25, 0.3) is 11.1 Å². The van der Waals surface area contributed by atoms with Crippen molar-refractivity contribution < 1.29 is 17.3 Å². The first-order chi connectivity index (χ1) is 14.3. The lowest BCUT2D eigenvalue weighted by Crippen LogP contribution is -2.41. The first-order valence-corrected chi connectivity index (χ1v) is 11.4. The Kier molecular flexibility index (Phi) is 5.73. The van der Waals surface area contributed by atoms with Gasteiger partial charge in [0.1, 0.15) is 12.7 Å². The number of anilines is 1. The summed E-state index contributed by atoms with van der Waals surface area (Å²) < 4.78 is 36.6. The number of ether oxygens (including phenoxy) is 1. The van der Waals surface area contributed by atoms with E-state index in [1.54, 1.807) is 24.3 Å². The smallest absolute Gasteiger partial charge is 0.297 e.